The Morgan fingerprint density at radius 3 is 2.48 bits per heavy atom. The predicted molar refractivity (Wildman–Crippen MR) is 95.7 cm³/mol. The largest absolute Gasteiger partial charge is 0.444 e. The first-order valence-corrected chi connectivity index (χ1v) is 10.3. The summed E-state index contributed by atoms with van der Waals surface area (Å²) in [5.41, 5.74) is -1.76. The Kier molecular flexibility index (Phi) is 6.18. The number of hydrogen-bond donors (Lipinski definition) is 1. The van der Waals surface area contributed by atoms with Crippen LogP contribution < -0.4 is 4.72 Å². The molecule has 1 unspecified atom stereocenters. The standard InChI is InChI=1S/C16H20BrF3N2O4S/c1-15(2,3)26-14(23)22-7-6-10(9-22)21-27(24,25)11-4-5-13(17)12(8-11)16(18,19)20/h4-5,8,10,21H,6-7,9H2,1-3H3. The monoisotopic (exact) mass is 472 g/mol. The fourth-order valence-electron chi connectivity index (χ4n) is 2.53. The van der Waals surface area contributed by atoms with E-state index in [-0.39, 0.29) is 17.6 Å². The third-order valence-corrected chi connectivity index (χ3v) is 5.92. The van der Waals surface area contributed by atoms with E-state index < -0.39 is 44.4 Å². The second-order valence-electron chi connectivity index (χ2n) is 7.17. The van der Waals surface area contributed by atoms with Gasteiger partial charge in [-0.05, 0) is 45.4 Å². The fraction of sp³-hybridized carbons (Fsp3) is 0.562. The number of carbonyl (C=O) groups excluding carboxylic acids is 1. The Labute approximate surface area is 164 Å². The van der Waals surface area contributed by atoms with Crippen LogP contribution in [0.4, 0.5) is 18.0 Å². The Hall–Kier alpha value is -1.33. The lowest BCUT2D eigenvalue weighted by molar-refractivity contribution is -0.138. The Morgan fingerprint density at radius 2 is 1.93 bits per heavy atom. The average Bonchev–Trinajstić information content (AvgIpc) is 2.92. The number of benzene rings is 1. The zero-order valence-corrected chi connectivity index (χ0v) is 17.3. The van der Waals surface area contributed by atoms with E-state index in [4.69, 9.17) is 4.74 Å². The number of amides is 1. The van der Waals surface area contributed by atoms with Crippen molar-refractivity contribution in [3.05, 3.63) is 28.2 Å². The highest BCUT2D eigenvalue weighted by molar-refractivity contribution is 9.10. The molecule has 1 aliphatic rings. The Morgan fingerprint density at radius 1 is 1.30 bits per heavy atom. The fourth-order valence-corrected chi connectivity index (χ4v) is 4.28. The van der Waals surface area contributed by atoms with Crippen LogP contribution in [-0.4, -0.2) is 44.1 Å². The molecular weight excluding hydrogens is 453 g/mol. The molecule has 0 bridgehead atoms. The second kappa shape index (κ2) is 7.59. The maximum Gasteiger partial charge on any atom is 0.417 e. The van der Waals surface area contributed by atoms with E-state index in [1.165, 1.54) is 4.90 Å². The number of rotatable bonds is 3. The van der Waals surface area contributed by atoms with Crippen LogP contribution in [0.5, 0.6) is 0 Å². The van der Waals surface area contributed by atoms with Gasteiger partial charge >= 0.3 is 12.3 Å². The number of nitrogens with zero attached hydrogens (tertiary/aromatic N) is 1. The van der Waals surface area contributed by atoms with E-state index in [0.29, 0.717) is 12.5 Å². The van der Waals surface area contributed by atoms with Crippen molar-refractivity contribution in [1.29, 1.82) is 0 Å². The lowest BCUT2D eigenvalue weighted by Crippen LogP contribution is -2.40. The summed E-state index contributed by atoms with van der Waals surface area (Å²) in [6.45, 7) is 5.51. The third-order valence-electron chi connectivity index (χ3n) is 3.72. The molecule has 0 aliphatic carbocycles. The van der Waals surface area contributed by atoms with Crippen LogP contribution in [0.25, 0.3) is 0 Å². The van der Waals surface area contributed by atoms with Gasteiger partial charge in [-0.1, -0.05) is 15.9 Å². The molecule has 27 heavy (non-hydrogen) atoms. The molecule has 1 heterocycles. The highest BCUT2D eigenvalue weighted by atomic mass is 79.9. The van der Waals surface area contributed by atoms with E-state index in [9.17, 15) is 26.4 Å². The highest BCUT2D eigenvalue weighted by Gasteiger charge is 2.36. The number of alkyl halides is 3. The van der Waals surface area contributed by atoms with Gasteiger partial charge < -0.3 is 9.64 Å². The average molecular weight is 473 g/mol. The van der Waals surface area contributed by atoms with Crippen molar-refractivity contribution in [1.82, 2.24) is 9.62 Å². The van der Waals surface area contributed by atoms with Crippen molar-refractivity contribution in [2.45, 2.75) is 49.9 Å². The zero-order valence-electron chi connectivity index (χ0n) is 14.9. The molecule has 152 valence electrons. The molecule has 1 amide bonds. The van der Waals surface area contributed by atoms with Crippen molar-refractivity contribution in [2.24, 2.45) is 0 Å². The summed E-state index contributed by atoms with van der Waals surface area (Å²) >= 11 is 2.78. The molecule has 1 aromatic carbocycles. The Balaban J connectivity index is 2.11. The first-order chi connectivity index (χ1) is 12.2. The van der Waals surface area contributed by atoms with E-state index in [2.05, 4.69) is 20.7 Å². The van der Waals surface area contributed by atoms with Crippen LogP contribution in [0.3, 0.4) is 0 Å². The first kappa shape index (κ1) is 22.0. The van der Waals surface area contributed by atoms with Crippen LogP contribution in [0.15, 0.2) is 27.6 Å². The molecule has 0 radical (unpaired) electrons. The molecule has 0 aromatic heterocycles. The molecule has 1 atom stereocenters. The van der Waals surface area contributed by atoms with Crippen LogP contribution in [0.1, 0.15) is 32.8 Å². The normalized spacial score (nSPS) is 18.6. The molecule has 1 aromatic rings. The van der Waals surface area contributed by atoms with Gasteiger partial charge in [-0.3, -0.25) is 0 Å². The van der Waals surface area contributed by atoms with Gasteiger partial charge in [0.25, 0.3) is 0 Å². The maximum atomic E-state index is 13.0. The van der Waals surface area contributed by atoms with Crippen LogP contribution in [-0.2, 0) is 20.9 Å². The van der Waals surface area contributed by atoms with Gasteiger partial charge in [0.1, 0.15) is 5.60 Å². The van der Waals surface area contributed by atoms with Crippen LogP contribution in [0, 0.1) is 0 Å². The molecule has 11 heteroatoms. The van der Waals surface area contributed by atoms with Gasteiger partial charge in [-0.15, -0.1) is 0 Å². The van der Waals surface area contributed by atoms with Crippen molar-refractivity contribution in [3.8, 4) is 0 Å². The Bertz CT molecular complexity index is 822. The molecule has 1 saturated heterocycles. The number of likely N-dealkylation sites (tertiary alicyclic amines) is 1. The van der Waals surface area contributed by atoms with Crippen molar-refractivity contribution in [2.75, 3.05) is 13.1 Å². The number of ether oxygens (including phenoxy) is 1. The van der Waals surface area contributed by atoms with E-state index >= 15 is 0 Å². The van der Waals surface area contributed by atoms with E-state index in [1.807, 2.05) is 0 Å². The summed E-state index contributed by atoms with van der Waals surface area (Å²) in [6.07, 6.45) is -4.92. The lowest BCUT2D eigenvalue weighted by atomic mass is 10.2. The number of hydrogen-bond acceptors (Lipinski definition) is 4. The lowest BCUT2D eigenvalue weighted by Gasteiger charge is -2.24. The summed E-state index contributed by atoms with van der Waals surface area (Å²) in [5.74, 6) is 0. The predicted octanol–water partition coefficient (Wildman–Crippen LogP) is 3.76. The van der Waals surface area contributed by atoms with Crippen molar-refractivity contribution < 1.29 is 31.1 Å². The van der Waals surface area contributed by atoms with Gasteiger partial charge in [-0.25, -0.2) is 17.9 Å². The topological polar surface area (TPSA) is 75.7 Å². The molecule has 0 spiro atoms. The summed E-state index contributed by atoms with van der Waals surface area (Å²) in [7, 11) is -4.18. The summed E-state index contributed by atoms with van der Waals surface area (Å²) in [4.78, 5) is 12.9. The number of sulfonamides is 1. The van der Waals surface area contributed by atoms with Gasteiger partial charge in [0.2, 0.25) is 10.0 Å². The first-order valence-electron chi connectivity index (χ1n) is 8.06. The molecule has 1 fully saturated rings. The third kappa shape index (κ3) is 5.82. The summed E-state index contributed by atoms with van der Waals surface area (Å²) in [6, 6.07) is 2.09. The van der Waals surface area contributed by atoms with Crippen LogP contribution >= 0.6 is 15.9 Å². The zero-order chi connectivity index (χ0) is 20.6. The minimum absolute atomic E-state index is 0.0802. The smallest absolute Gasteiger partial charge is 0.417 e. The van der Waals surface area contributed by atoms with Gasteiger partial charge in [-0.2, -0.15) is 13.2 Å². The number of nitrogens with one attached hydrogen (secondary N) is 1. The van der Waals surface area contributed by atoms with E-state index in [1.54, 1.807) is 20.8 Å². The van der Waals surface area contributed by atoms with Gasteiger partial charge in [0, 0.05) is 23.6 Å². The maximum absolute atomic E-state index is 13.0. The van der Waals surface area contributed by atoms with Crippen molar-refractivity contribution >= 4 is 32.0 Å². The number of carbonyl (C=O) groups is 1. The minimum atomic E-state index is -4.69. The van der Waals surface area contributed by atoms with Gasteiger partial charge in [0.05, 0.1) is 10.5 Å². The highest BCUT2D eigenvalue weighted by Crippen LogP contribution is 2.36. The quantitative estimate of drug-likeness (QED) is 0.726. The van der Waals surface area contributed by atoms with Gasteiger partial charge in [0.15, 0.2) is 0 Å². The molecular formula is C16H20BrF3N2O4S. The molecule has 0 saturated carbocycles. The van der Waals surface area contributed by atoms with E-state index in [0.717, 1.165) is 12.1 Å². The summed E-state index contributed by atoms with van der Waals surface area (Å²) < 4.78 is 71.2. The molecule has 6 nitrogen and oxygen atoms in total. The SMILES string of the molecule is CC(C)(C)OC(=O)N1CCC(NS(=O)(=O)c2ccc(Br)c(C(F)(F)F)c2)C1. The molecule has 2 rings (SSSR count). The minimum Gasteiger partial charge on any atom is -0.444 e. The van der Waals surface area contributed by atoms with Crippen molar-refractivity contribution in [3.63, 3.8) is 0 Å². The second-order valence-corrected chi connectivity index (χ2v) is 9.74. The number of halogens is 4. The molecule has 1 N–H and O–H groups in total. The molecule has 1 aliphatic heterocycles. The summed E-state index contributed by atoms with van der Waals surface area (Å²) in [5, 5.41) is 0. The van der Waals surface area contributed by atoms with Crippen LogP contribution in [0.2, 0.25) is 0 Å².